The molecular formula is C18H28N2O3S. The summed E-state index contributed by atoms with van der Waals surface area (Å²) >= 11 is 0. The molecular weight excluding hydrogens is 324 g/mol. The third-order valence-electron chi connectivity index (χ3n) is 5.49. The molecule has 0 aromatic heterocycles. The molecule has 1 aromatic carbocycles. The Morgan fingerprint density at radius 1 is 1.17 bits per heavy atom. The fourth-order valence-electron chi connectivity index (χ4n) is 3.78. The molecule has 24 heavy (non-hydrogen) atoms. The van der Waals surface area contributed by atoms with Crippen molar-refractivity contribution in [1.29, 1.82) is 0 Å². The molecule has 0 N–H and O–H groups in total. The van der Waals surface area contributed by atoms with E-state index in [1.165, 1.54) is 0 Å². The van der Waals surface area contributed by atoms with E-state index in [4.69, 9.17) is 4.74 Å². The summed E-state index contributed by atoms with van der Waals surface area (Å²) in [6.45, 7) is 3.81. The molecule has 0 bridgehead atoms. The number of rotatable bonds is 3. The Morgan fingerprint density at radius 2 is 1.79 bits per heavy atom. The second-order valence-electron chi connectivity index (χ2n) is 7.36. The lowest BCUT2D eigenvalue weighted by Crippen LogP contribution is -2.53. The van der Waals surface area contributed by atoms with Gasteiger partial charge in [-0.3, -0.25) is 0 Å². The van der Waals surface area contributed by atoms with Gasteiger partial charge >= 0.3 is 0 Å². The first-order valence-corrected chi connectivity index (χ1v) is 10.1. The molecule has 0 unspecified atom stereocenters. The van der Waals surface area contributed by atoms with E-state index in [9.17, 15) is 8.42 Å². The Hall–Kier alpha value is -0.950. The van der Waals surface area contributed by atoms with E-state index in [-0.39, 0.29) is 5.60 Å². The average molecular weight is 353 g/mol. The van der Waals surface area contributed by atoms with Crippen LogP contribution in [-0.4, -0.2) is 63.1 Å². The molecule has 2 aliphatic heterocycles. The molecule has 1 spiro atoms. The fraction of sp³-hybridized carbons (Fsp3) is 0.667. The number of ether oxygens (including phenoxy) is 1. The Bertz CT molecular complexity index is 662. The first kappa shape index (κ1) is 17.9. The Morgan fingerprint density at radius 3 is 2.38 bits per heavy atom. The van der Waals surface area contributed by atoms with Crippen LogP contribution in [0.25, 0.3) is 0 Å². The van der Waals surface area contributed by atoms with Gasteiger partial charge in [0.25, 0.3) is 0 Å². The molecule has 1 aromatic rings. The topological polar surface area (TPSA) is 49.9 Å². The summed E-state index contributed by atoms with van der Waals surface area (Å²) < 4.78 is 33.4. The van der Waals surface area contributed by atoms with Crippen LogP contribution >= 0.6 is 0 Å². The summed E-state index contributed by atoms with van der Waals surface area (Å²) in [6, 6.07) is 7.63. The molecule has 134 valence electrons. The lowest BCUT2D eigenvalue weighted by molar-refractivity contribution is -0.123. The number of aryl methyl sites for hydroxylation is 1. The van der Waals surface area contributed by atoms with Gasteiger partial charge in [-0.1, -0.05) is 17.7 Å². The van der Waals surface area contributed by atoms with Crippen LogP contribution in [0.1, 0.15) is 31.2 Å². The lowest BCUT2D eigenvalue weighted by Gasteiger charge is -2.47. The summed E-state index contributed by atoms with van der Waals surface area (Å²) in [5.74, 6) is 0. The minimum Gasteiger partial charge on any atom is -0.375 e. The van der Waals surface area contributed by atoms with Gasteiger partial charge in [-0.2, -0.15) is 4.31 Å². The van der Waals surface area contributed by atoms with Gasteiger partial charge in [0.05, 0.1) is 10.5 Å². The summed E-state index contributed by atoms with van der Waals surface area (Å²) in [6.07, 6.45) is 3.61. The third-order valence-corrected chi connectivity index (χ3v) is 7.40. The molecule has 5 nitrogen and oxygen atoms in total. The number of benzene rings is 1. The van der Waals surface area contributed by atoms with Crippen molar-refractivity contribution in [1.82, 2.24) is 9.21 Å². The van der Waals surface area contributed by atoms with E-state index >= 15 is 0 Å². The normalized spacial score (nSPS) is 25.2. The van der Waals surface area contributed by atoms with Gasteiger partial charge in [0, 0.05) is 25.7 Å². The second-order valence-corrected chi connectivity index (χ2v) is 9.30. The molecule has 2 heterocycles. The van der Waals surface area contributed by atoms with Crippen molar-refractivity contribution in [2.45, 2.75) is 49.1 Å². The van der Waals surface area contributed by atoms with E-state index in [2.05, 4.69) is 19.0 Å². The van der Waals surface area contributed by atoms with E-state index in [0.29, 0.717) is 24.0 Å². The lowest BCUT2D eigenvalue weighted by atomic mass is 9.82. The highest BCUT2D eigenvalue weighted by Gasteiger charge is 2.43. The standard InChI is InChI=1S/C18H28N2O3S/c1-15-4-6-17(7-5-15)24(21,22)20-11-9-18(10-12-20)14-16(19(2)3)8-13-23-18/h4-7,16H,8-14H2,1-3H3/t16-/m0/s1. The minimum atomic E-state index is -3.40. The van der Waals surface area contributed by atoms with Crippen LogP contribution in [0.5, 0.6) is 0 Å². The van der Waals surface area contributed by atoms with Crippen LogP contribution in [0.2, 0.25) is 0 Å². The monoisotopic (exact) mass is 352 g/mol. The Balaban J connectivity index is 1.69. The number of nitrogens with zero attached hydrogens (tertiary/aromatic N) is 2. The van der Waals surface area contributed by atoms with Crippen LogP contribution in [-0.2, 0) is 14.8 Å². The number of hydrogen-bond donors (Lipinski definition) is 0. The Labute approximate surface area is 145 Å². The molecule has 2 aliphatic rings. The van der Waals surface area contributed by atoms with Crippen molar-refractivity contribution in [3.8, 4) is 0 Å². The second kappa shape index (κ2) is 6.75. The van der Waals surface area contributed by atoms with Gasteiger partial charge in [-0.15, -0.1) is 0 Å². The van der Waals surface area contributed by atoms with Crippen molar-refractivity contribution in [3.63, 3.8) is 0 Å². The highest BCUT2D eigenvalue weighted by molar-refractivity contribution is 7.89. The van der Waals surface area contributed by atoms with E-state index in [1.807, 2.05) is 19.1 Å². The van der Waals surface area contributed by atoms with Crippen molar-refractivity contribution < 1.29 is 13.2 Å². The van der Waals surface area contributed by atoms with E-state index in [0.717, 1.165) is 37.9 Å². The van der Waals surface area contributed by atoms with Gasteiger partial charge in [-0.25, -0.2) is 8.42 Å². The Kier molecular flexibility index (Phi) is 5.02. The van der Waals surface area contributed by atoms with Crippen molar-refractivity contribution in [3.05, 3.63) is 29.8 Å². The molecule has 3 rings (SSSR count). The maximum atomic E-state index is 12.8. The molecule has 0 amide bonds. The zero-order valence-corrected chi connectivity index (χ0v) is 15.7. The number of piperidine rings is 1. The molecule has 0 saturated carbocycles. The molecule has 2 fully saturated rings. The van der Waals surface area contributed by atoms with E-state index < -0.39 is 10.0 Å². The van der Waals surface area contributed by atoms with Crippen LogP contribution in [0.15, 0.2) is 29.2 Å². The fourth-order valence-corrected chi connectivity index (χ4v) is 5.23. The van der Waals surface area contributed by atoms with Gasteiger partial charge in [-0.05, 0) is 58.8 Å². The van der Waals surface area contributed by atoms with Crippen LogP contribution < -0.4 is 0 Å². The highest BCUT2D eigenvalue weighted by Crippen LogP contribution is 2.37. The smallest absolute Gasteiger partial charge is 0.243 e. The maximum Gasteiger partial charge on any atom is 0.243 e. The predicted octanol–water partition coefficient (Wildman–Crippen LogP) is 2.26. The number of hydrogen-bond acceptors (Lipinski definition) is 4. The highest BCUT2D eigenvalue weighted by atomic mass is 32.2. The van der Waals surface area contributed by atoms with Crippen LogP contribution in [0, 0.1) is 6.92 Å². The summed E-state index contributed by atoms with van der Waals surface area (Å²) in [5.41, 5.74) is 0.920. The van der Waals surface area contributed by atoms with Crippen molar-refractivity contribution in [2.75, 3.05) is 33.8 Å². The zero-order valence-electron chi connectivity index (χ0n) is 14.9. The van der Waals surface area contributed by atoms with Gasteiger partial charge in [0.2, 0.25) is 10.0 Å². The summed E-state index contributed by atoms with van der Waals surface area (Å²) in [5, 5.41) is 0. The average Bonchev–Trinajstić information content (AvgIpc) is 2.56. The minimum absolute atomic E-state index is 0.146. The summed E-state index contributed by atoms with van der Waals surface area (Å²) in [4.78, 5) is 2.65. The quantitative estimate of drug-likeness (QED) is 0.837. The SMILES string of the molecule is Cc1ccc(S(=O)(=O)N2CCC3(CC2)C[C@@H](N(C)C)CCO3)cc1. The number of sulfonamides is 1. The molecule has 0 aliphatic carbocycles. The summed E-state index contributed by atoms with van der Waals surface area (Å²) in [7, 11) is 0.827. The molecule has 0 radical (unpaired) electrons. The molecule has 6 heteroatoms. The van der Waals surface area contributed by atoms with Gasteiger partial charge in [0.1, 0.15) is 0 Å². The maximum absolute atomic E-state index is 12.8. The van der Waals surface area contributed by atoms with Gasteiger partial charge in [0.15, 0.2) is 0 Å². The first-order chi connectivity index (χ1) is 11.3. The first-order valence-electron chi connectivity index (χ1n) is 8.70. The van der Waals surface area contributed by atoms with E-state index in [1.54, 1.807) is 16.4 Å². The van der Waals surface area contributed by atoms with Crippen LogP contribution in [0.3, 0.4) is 0 Å². The van der Waals surface area contributed by atoms with Crippen molar-refractivity contribution >= 4 is 10.0 Å². The van der Waals surface area contributed by atoms with Crippen molar-refractivity contribution in [2.24, 2.45) is 0 Å². The molecule has 2 saturated heterocycles. The largest absolute Gasteiger partial charge is 0.375 e. The predicted molar refractivity (Wildman–Crippen MR) is 94.6 cm³/mol. The third kappa shape index (κ3) is 3.52. The van der Waals surface area contributed by atoms with Gasteiger partial charge < -0.3 is 9.64 Å². The zero-order chi connectivity index (χ0) is 17.4. The molecule has 1 atom stereocenters. The van der Waals surface area contributed by atoms with Crippen LogP contribution in [0.4, 0.5) is 0 Å².